The van der Waals surface area contributed by atoms with E-state index in [4.69, 9.17) is 5.73 Å². The molecular formula is C12H15NO4S. The Balaban J connectivity index is 2.48. The molecule has 0 heterocycles. The predicted octanol–water partition coefficient (Wildman–Crippen LogP) is 0.534. The van der Waals surface area contributed by atoms with Crippen molar-refractivity contribution < 1.29 is 18.3 Å². The molecule has 5 nitrogen and oxygen atoms in total. The Kier molecular flexibility index (Phi) is 2.95. The van der Waals surface area contributed by atoms with Crippen molar-refractivity contribution in [3.05, 3.63) is 29.8 Å². The van der Waals surface area contributed by atoms with Gasteiger partial charge in [0.15, 0.2) is 9.84 Å². The first-order valence-corrected chi connectivity index (χ1v) is 7.44. The average Bonchev–Trinajstić information content (AvgIpc) is 2.23. The van der Waals surface area contributed by atoms with E-state index in [1.807, 2.05) is 0 Å². The first-order chi connectivity index (χ1) is 8.25. The fourth-order valence-electron chi connectivity index (χ4n) is 2.39. The van der Waals surface area contributed by atoms with E-state index < -0.39 is 21.2 Å². The molecule has 0 aliphatic heterocycles. The van der Waals surface area contributed by atoms with Gasteiger partial charge in [-0.15, -0.1) is 0 Å². The summed E-state index contributed by atoms with van der Waals surface area (Å²) >= 11 is 0. The molecule has 0 spiro atoms. The van der Waals surface area contributed by atoms with Gasteiger partial charge in [0, 0.05) is 12.3 Å². The van der Waals surface area contributed by atoms with Crippen LogP contribution in [0.25, 0.3) is 0 Å². The molecule has 1 aromatic carbocycles. The standard InChI is InChI=1S/C12H15NO4S/c1-18(16,17)10-4-2-3-8(5-10)12(11(14)15)6-9(13)7-12/h2-5,9H,6-7,13H2,1H3,(H,14,15). The Morgan fingerprint density at radius 2 is 2.06 bits per heavy atom. The second-order valence-electron chi connectivity index (χ2n) is 4.86. The van der Waals surface area contributed by atoms with Gasteiger partial charge in [0.2, 0.25) is 0 Å². The predicted molar refractivity (Wildman–Crippen MR) is 66.1 cm³/mol. The molecule has 1 aromatic rings. The lowest BCUT2D eigenvalue weighted by molar-refractivity contribution is -0.148. The highest BCUT2D eigenvalue weighted by atomic mass is 32.2. The summed E-state index contributed by atoms with van der Waals surface area (Å²) in [5.41, 5.74) is 5.16. The normalized spacial score (nSPS) is 27.6. The SMILES string of the molecule is CS(=O)(=O)c1cccc(C2(C(=O)O)CC(N)C2)c1. The second-order valence-corrected chi connectivity index (χ2v) is 6.87. The number of rotatable bonds is 3. The van der Waals surface area contributed by atoms with Crippen molar-refractivity contribution >= 4 is 15.8 Å². The zero-order chi connectivity index (χ0) is 13.6. The molecule has 1 saturated carbocycles. The number of carboxylic acid groups (broad SMARTS) is 1. The highest BCUT2D eigenvalue weighted by Crippen LogP contribution is 2.43. The molecular weight excluding hydrogens is 254 g/mol. The number of hydrogen-bond donors (Lipinski definition) is 2. The van der Waals surface area contributed by atoms with Crippen LogP contribution in [0.3, 0.4) is 0 Å². The van der Waals surface area contributed by atoms with E-state index in [1.54, 1.807) is 12.1 Å². The molecule has 1 aliphatic rings. The monoisotopic (exact) mass is 269 g/mol. The smallest absolute Gasteiger partial charge is 0.314 e. The zero-order valence-electron chi connectivity index (χ0n) is 9.96. The molecule has 0 aromatic heterocycles. The van der Waals surface area contributed by atoms with Crippen LogP contribution in [0.1, 0.15) is 18.4 Å². The number of nitrogens with two attached hydrogens (primary N) is 1. The maximum absolute atomic E-state index is 11.5. The summed E-state index contributed by atoms with van der Waals surface area (Å²) in [7, 11) is -3.33. The molecule has 18 heavy (non-hydrogen) atoms. The topological polar surface area (TPSA) is 97.5 Å². The Bertz CT molecular complexity index is 588. The van der Waals surface area contributed by atoms with E-state index >= 15 is 0 Å². The zero-order valence-corrected chi connectivity index (χ0v) is 10.8. The van der Waals surface area contributed by atoms with E-state index in [9.17, 15) is 18.3 Å². The van der Waals surface area contributed by atoms with Gasteiger partial charge >= 0.3 is 5.97 Å². The highest BCUT2D eigenvalue weighted by molar-refractivity contribution is 7.90. The maximum Gasteiger partial charge on any atom is 0.314 e. The largest absolute Gasteiger partial charge is 0.481 e. The quantitative estimate of drug-likeness (QED) is 0.834. The van der Waals surface area contributed by atoms with Gasteiger partial charge < -0.3 is 10.8 Å². The number of hydrogen-bond acceptors (Lipinski definition) is 4. The van der Waals surface area contributed by atoms with Crippen LogP contribution in [0.15, 0.2) is 29.2 Å². The van der Waals surface area contributed by atoms with E-state index in [-0.39, 0.29) is 10.9 Å². The Morgan fingerprint density at radius 1 is 1.44 bits per heavy atom. The summed E-state index contributed by atoms with van der Waals surface area (Å²) in [5, 5.41) is 9.34. The summed E-state index contributed by atoms with van der Waals surface area (Å²) in [6.07, 6.45) is 1.79. The van der Waals surface area contributed by atoms with Crippen LogP contribution in [0, 0.1) is 0 Å². The lowest BCUT2D eigenvalue weighted by Gasteiger charge is -2.43. The second kappa shape index (κ2) is 4.07. The van der Waals surface area contributed by atoms with Gasteiger partial charge in [-0.1, -0.05) is 12.1 Å². The van der Waals surface area contributed by atoms with Crippen molar-refractivity contribution in [1.82, 2.24) is 0 Å². The van der Waals surface area contributed by atoms with Crippen LogP contribution in [0.2, 0.25) is 0 Å². The number of sulfone groups is 1. The molecule has 98 valence electrons. The average molecular weight is 269 g/mol. The summed E-state index contributed by atoms with van der Waals surface area (Å²) in [5.74, 6) is -0.949. The minimum absolute atomic E-state index is 0.136. The van der Waals surface area contributed by atoms with Gasteiger partial charge in [0.1, 0.15) is 0 Å². The first kappa shape index (κ1) is 13.0. The van der Waals surface area contributed by atoms with Crippen LogP contribution in [0.4, 0.5) is 0 Å². The summed E-state index contributed by atoms with van der Waals surface area (Å²) in [6.45, 7) is 0. The molecule has 0 atom stereocenters. The van der Waals surface area contributed by atoms with Crippen molar-refractivity contribution in [2.45, 2.75) is 29.2 Å². The van der Waals surface area contributed by atoms with Crippen molar-refractivity contribution in [2.24, 2.45) is 5.73 Å². The first-order valence-electron chi connectivity index (χ1n) is 5.55. The molecule has 2 rings (SSSR count). The summed E-state index contributed by atoms with van der Waals surface area (Å²) in [6, 6.07) is 5.99. The molecule has 0 bridgehead atoms. The molecule has 0 saturated heterocycles. The molecule has 1 aliphatic carbocycles. The molecule has 0 radical (unpaired) electrons. The highest BCUT2D eigenvalue weighted by Gasteiger charge is 2.50. The van der Waals surface area contributed by atoms with Crippen molar-refractivity contribution in [3.8, 4) is 0 Å². The van der Waals surface area contributed by atoms with Crippen LogP contribution in [0.5, 0.6) is 0 Å². The van der Waals surface area contributed by atoms with Crippen molar-refractivity contribution in [3.63, 3.8) is 0 Å². The third kappa shape index (κ3) is 2.02. The van der Waals surface area contributed by atoms with Gasteiger partial charge in [0.25, 0.3) is 0 Å². The van der Waals surface area contributed by atoms with Gasteiger partial charge in [-0.05, 0) is 30.5 Å². The number of aliphatic carboxylic acids is 1. The van der Waals surface area contributed by atoms with E-state index in [2.05, 4.69) is 0 Å². The van der Waals surface area contributed by atoms with E-state index in [1.165, 1.54) is 12.1 Å². The van der Waals surface area contributed by atoms with Crippen LogP contribution in [-0.4, -0.2) is 31.8 Å². The Hall–Kier alpha value is -1.40. The van der Waals surface area contributed by atoms with Gasteiger partial charge in [-0.25, -0.2) is 8.42 Å². The fraction of sp³-hybridized carbons (Fsp3) is 0.417. The van der Waals surface area contributed by atoms with Crippen LogP contribution < -0.4 is 5.73 Å². The lowest BCUT2D eigenvalue weighted by Crippen LogP contribution is -2.54. The van der Waals surface area contributed by atoms with Gasteiger partial charge in [-0.2, -0.15) is 0 Å². The number of carboxylic acids is 1. The van der Waals surface area contributed by atoms with Gasteiger partial charge in [-0.3, -0.25) is 4.79 Å². The number of benzene rings is 1. The maximum atomic E-state index is 11.5. The minimum atomic E-state index is -3.33. The fourth-order valence-corrected chi connectivity index (χ4v) is 3.06. The minimum Gasteiger partial charge on any atom is -0.481 e. The summed E-state index contributed by atoms with van der Waals surface area (Å²) in [4.78, 5) is 11.5. The molecule has 3 N–H and O–H groups in total. The van der Waals surface area contributed by atoms with Gasteiger partial charge in [0.05, 0.1) is 10.3 Å². The Labute approximate surface area is 106 Å². The van der Waals surface area contributed by atoms with E-state index in [0.717, 1.165) is 6.26 Å². The summed E-state index contributed by atoms with van der Waals surface area (Å²) < 4.78 is 23.0. The molecule has 0 amide bonds. The molecule has 0 unspecified atom stereocenters. The molecule has 6 heteroatoms. The van der Waals surface area contributed by atoms with Crippen LogP contribution in [-0.2, 0) is 20.0 Å². The lowest BCUT2D eigenvalue weighted by atomic mass is 9.62. The van der Waals surface area contributed by atoms with E-state index in [0.29, 0.717) is 18.4 Å². The number of carbonyl (C=O) groups is 1. The van der Waals surface area contributed by atoms with Crippen molar-refractivity contribution in [2.75, 3.05) is 6.26 Å². The Morgan fingerprint density at radius 3 is 2.50 bits per heavy atom. The third-order valence-electron chi connectivity index (χ3n) is 3.45. The third-order valence-corrected chi connectivity index (χ3v) is 4.56. The van der Waals surface area contributed by atoms with Crippen LogP contribution >= 0.6 is 0 Å². The molecule has 1 fully saturated rings. The van der Waals surface area contributed by atoms with Crippen molar-refractivity contribution in [1.29, 1.82) is 0 Å².